The van der Waals surface area contributed by atoms with E-state index in [-0.39, 0.29) is 24.4 Å². The van der Waals surface area contributed by atoms with E-state index in [1.165, 1.54) is 6.42 Å². The molecule has 0 bridgehead atoms. The lowest BCUT2D eigenvalue weighted by Gasteiger charge is -2.29. The summed E-state index contributed by atoms with van der Waals surface area (Å²) >= 11 is 0. The fraction of sp³-hybridized carbons (Fsp3) is 0.550. The molecule has 3 atom stereocenters. The number of rotatable bonds is 6. The van der Waals surface area contributed by atoms with E-state index in [1.807, 2.05) is 30.3 Å². The predicted octanol–water partition coefficient (Wildman–Crippen LogP) is 2.23. The van der Waals surface area contributed by atoms with E-state index in [9.17, 15) is 14.4 Å². The lowest BCUT2D eigenvalue weighted by molar-refractivity contribution is -0.132. The Labute approximate surface area is 154 Å². The molecular weight excluding hydrogens is 330 g/mol. The van der Waals surface area contributed by atoms with Crippen LogP contribution in [0.2, 0.25) is 0 Å². The highest BCUT2D eigenvalue weighted by Crippen LogP contribution is 2.23. The topological polar surface area (TPSA) is 78.5 Å². The van der Waals surface area contributed by atoms with Crippen LogP contribution in [-0.2, 0) is 16.0 Å². The maximum absolute atomic E-state index is 12.5. The van der Waals surface area contributed by atoms with Crippen LogP contribution in [0, 0.1) is 5.92 Å². The molecule has 0 unspecified atom stereocenters. The number of carbonyl (C=O) groups excluding carboxylic acids is 3. The van der Waals surface area contributed by atoms with Crippen molar-refractivity contribution in [3.63, 3.8) is 0 Å². The number of aryl methyl sites for hydroxylation is 1. The number of nitrogens with zero attached hydrogens (tertiary/aromatic N) is 1. The zero-order valence-corrected chi connectivity index (χ0v) is 15.2. The zero-order chi connectivity index (χ0) is 18.5. The second kappa shape index (κ2) is 8.34. The van der Waals surface area contributed by atoms with E-state index in [0.29, 0.717) is 18.8 Å². The van der Waals surface area contributed by atoms with Gasteiger partial charge >= 0.3 is 6.03 Å². The molecule has 4 amide bonds. The van der Waals surface area contributed by atoms with Crippen LogP contribution in [0.1, 0.15) is 44.6 Å². The normalized spacial score (nSPS) is 25.9. The van der Waals surface area contributed by atoms with E-state index in [4.69, 9.17) is 0 Å². The smallest absolute Gasteiger partial charge is 0.325 e. The van der Waals surface area contributed by atoms with Crippen molar-refractivity contribution in [3.05, 3.63) is 35.9 Å². The predicted molar refractivity (Wildman–Crippen MR) is 98.4 cm³/mol. The molecule has 2 N–H and O–H groups in total. The number of nitrogens with one attached hydrogen (secondary N) is 2. The highest BCUT2D eigenvalue weighted by atomic mass is 16.2. The Morgan fingerprint density at radius 2 is 1.92 bits per heavy atom. The standard InChI is InChI=1S/C20H27N3O3/c1-14-7-5-6-10-16(14)21-18(24)13-23-19(25)17(22-20(23)26)12-11-15-8-3-2-4-9-15/h2-4,8-9,14,16-17H,5-7,10-13H2,1H3,(H,21,24)(H,22,26)/t14-,16-,17-/m0/s1. The van der Waals surface area contributed by atoms with Crippen LogP contribution in [0.3, 0.4) is 0 Å². The summed E-state index contributed by atoms with van der Waals surface area (Å²) in [6, 6.07) is 8.96. The highest BCUT2D eigenvalue weighted by Gasteiger charge is 2.38. The van der Waals surface area contributed by atoms with Crippen molar-refractivity contribution >= 4 is 17.8 Å². The number of imide groups is 1. The molecule has 26 heavy (non-hydrogen) atoms. The Kier molecular flexibility index (Phi) is 5.91. The minimum Gasteiger partial charge on any atom is -0.352 e. The van der Waals surface area contributed by atoms with Gasteiger partial charge in [-0.3, -0.25) is 14.5 Å². The van der Waals surface area contributed by atoms with Crippen molar-refractivity contribution in [2.75, 3.05) is 6.54 Å². The fourth-order valence-corrected chi connectivity index (χ4v) is 3.80. The number of carbonyl (C=O) groups is 3. The van der Waals surface area contributed by atoms with E-state index < -0.39 is 12.1 Å². The third-order valence-corrected chi connectivity index (χ3v) is 5.43. The second-order valence-electron chi connectivity index (χ2n) is 7.39. The number of urea groups is 1. The number of hydrogen-bond acceptors (Lipinski definition) is 3. The van der Waals surface area contributed by atoms with Gasteiger partial charge in [-0.15, -0.1) is 0 Å². The molecule has 6 nitrogen and oxygen atoms in total. The molecule has 140 valence electrons. The molecule has 1 saturated carbocycles. The van der Waals surface area contributed by atoms with Crippen LogP contribution in [0.5, 0.6) is 0 Å². The molecule has 2 aliphatic rings. The van der Waals surface area contributed by atoms with Crippen molar-refractivity contribution in [1.82, 2.24) is 15.5 Å². The third-order valence-electron chi connectivity index (χ3n) is 5.43. The zero-order valence-electron chi connectivity index (χ0n) is 15.2. The van der Waals surface area contributed by atoms with Crippen LogP contribution in [0.4, 0.5) is 4.79 Å². The van der Waals surface area contributed by atoms with Gasteiger partial charge in [0.15, 0.2) is 0 Å². The minimum absolute atomic E-state index is 0.144. The quantitative estimate of drug-likeness (QED) is 0.767. The van der Waals surface area contributed by atoms with Gasteiger partial charge in [0.25, 0.3) is 5.91 Å². The summed E-state index contributed by atoms with van der Waals surface area (Å²) in [6.45, 7) is 1.94. The van der Waals surface area contributed by atoms with Gasteiger partial charge in [0.2, 0.25) is 5.91 Å². The van der Waals surface area contributed by atoms with Gasteiger partial charge in [-0.1, -0.05) is 50.1 Å². The monoisotopic (exact) mass is 357 g/mol. The fourth-order valence-electron chi connectivity index (χ4n) is 3.80. The van der Waals surface area contributed by atoms with Gasteiger partial charge in [0, 0.05) is 6.04 Å². The lowest BCUT2D eigenvalue weighted by atomic mass is 9.86. The summed E-state index contributed by atoms with van der Waals surface area (Å²) in [5.41, 5.74) is 1.12. The average molecular weight is 357 g/mol. The molecule has 1 aliphatic heterocycles. The first-order valence-electron chi connectivity index (χ1n) is 9.50. The van der Waals surface area contributed by atoms with Crippen LogP contribution >= 0.6 is 0 Å². The van der Waals surface area contributed by atoms with E-state index in [2.05, 4.69) is 17.6 Å². The Morgan fingerprint density at radius 1 is 1.19 bits per heavy atom. The first-order valence-corrected chi connectivity index (χ1v) is 9.50. The summed E-state index contributed by atoms with van der Waals surface area (Å²) < 4.78 is 0. The van der Waals surface area contributed by atoms with Crippen molar-refractivity contribution in [2.24, 2.45) is 5.92 Å². The Balaban J connectivity index is 1.51. The maximum atomic E-state index is 12.5. The van der Waals surface area contributed by atoms with Crippen LogP contribution in [-0.4, -0.2) is 41.4 Å². The van der Waals surface area contributed by atoms with Crippen LogP contribution < -0.4 is 10.6 Å². The molecule has 1 aliphatic carbocycles. The lowest BCUT2D eigenvalue weighted by Crippen LogP contribution is -2.47. The van der Waals surface area contributed by atoms with Gasteiger partial charge in [-0.05, 0) is 37.2 Å². The number of hydrogen-bond donors (Lipinski definition) is 2. The molecule has 6 heteroatoms. The Hall–Kier alpha value is -2.37. The summed E-state index contributed by atoms with van der Waals surface area (Å²) in [5, 5.41) is 5.70. The molecule has 0 aromatic heterocycles. The molecule has 1 heterocycles. The third kappa shape index (κ3) is 4.42. The molecule has 0 spiro atoms. The molecule has 0 radical (unpaired) electrons. The molecule has 3 rings (SSSR count). The van der Waals surface area contributed by atoms with Crippen LogP contribution in [0.25, 0.3) is 0 Å². The van der Waals surface area contributed by atoms with E-state index >= 15 is 0 Å². The molecule has 2 fully saturated rings. The first kappa shape index (κ1) is 18.4. The highest BCUT2D eigenvalue weighted by molar-refractivity contribution is 6.06. The van der Waals surface area contributed by atoms with E-state index in [1.54, 1.807) is 0 Å². The molecule has 1 saturated heterocycles. The van der Waals surface area contributed by atoms with E-state index in [0.717, 1.165) is 29.7 Å². The SMILES string of the molecule is C[C@H]1CCCC[C@@H]1NC(=O)CN1C(=O)N[C@@H](CCc2ccccc2)C1=O. The summed E-state index contributed by atoms with van der Waals surface area (Å²) in [6.07, 6.45) is 5.62. The van der Waals surface area contributed by atoms with Crippen molar-refractivity contribution in [2.45, 2.75) is 57.5 Å². The summed E-state index contributed by atoms with van der Waals surface area (Å²) in [5.74, 6) is -0.122. The number of amides is 4. The van der Waals surface area contributed by atoms with Gasteiger partial charge in [0.05, 0.1) is 0 Å². The van der Waals surface area contributed by atoms with Crippen molar-refractivity contribution < 1.29 is 14.4 Å². The van der Waals surface area contributed by atoms with Crippen molar-refractivity contribution in [3.8, 4) is 0 Å². The second-order valence-corrected chi connectivity index (χ2v) is 7.39. The van der Waals surface area contributed by atoms with Gasteiger partial charge < -0.3 is 10.6 Å². The minimum atomic E-state index is -0.552. The Bertz CT molecular complexity index is 662. The number of benzene rings is 1. The van der Waals surface area contributed by atoms with Gasteiger partial charge in [-0.2, -0.15) is 0 Å². The summed E-state index contributed by atoms with van der Waals surface area (Å²) in [7, 11) is 0. The molecule has 1 aromatic rings. The van der Waals surface area contributed by atoms with Gasteiger partial charge in [0.1, 0.15) is 12.6 Å². The molecule has 1 aromatic carbocycles. The largest absolute Gasteiger partial charge is 0.352 e. The van der Waals surface area contributed by atoms with Crippen LogP contribution in [0.15, 0.2) is 30.3 Å². The average Bonchev–Trinajstić information content (AvgIpc) is 2.90. The molecular formula is C20H27N3O3. The Morgan fingerprint density at radius 3 is 2.65 bits per heavy atom. The van der Waals surface area contributed by atoms with Crippen molar-refractivity contribution in [1.29, 1.82) is 0 Å². The van der Waals surface area contributed by atoms with Gasteiger partial charge in [-0.25, -0.2) is 4.79 Å². The maximum Gasteiger partial charge on any atom is 0.325 e. The first-order chi connectivity index (χ1) is 12.5. The summed E-state index contributed by atoms with van der Waals surface area (Å²) in [4.78, 5) is 37.9.